The molecule has 2 aromatic rings. The van der Waals surface area contributed by atoms with E-state index >= 15 is 0 Å². The van der Waals surface area contributed by atoms with Crippen molar-refractivity contribution in [3.8, 4) is 0 Å². The van der Waals surface area contributed by atoms with Crippen LogP contribution in [0.2, 0.25) is 0 Å². The summed E-state index contributed by atoms with van der Waals surface area (Å²) in [6.07, 6.45) is 4.76. The van der Waals surface area contributed by atoms with Crippen molar-refractivity contribution in [1.82, 2.24) is 4.98 Å². The summed E-state index contributed by atoms with van der Waals surface area (Å²) in [6, 6.07) is 3.34. The van der Waals surface area contributed by atoms with Gasteiger partial charge in [-0.1, -0.05) is 6.92 Å². The summed E-state index contributed by atoms with van der Waals surface area (Å²) in [7, 11) is 0. The zero-order valence-electron chi connectivity index (χ0n) is 10.1. The monoisotopic (exact) mass is 262 g/mol. The number of aryl methyl sites for hydroxylation is 1. The van der Waals surface area contributed by atoms with Crippen LogP contribution in [0.5, 0.6) is 0 Å². The number of nitrogens with zero attached hydrogens (tertiary/aromatic N) is 1. The van der Waals surface area contributed by atoms with Crippen LogP contribution < -0.4 is 5.32 Å². The molecule has 0 bridgehead atoms. The van der Waals surface area contributed by atoms with E-state index in [0.717, 1.165) is 18.5 Å². The minimum absolute atomic E-state index is 0.237. The molecule has 18 heavy (non-hydrogen) atoms. The number of hydrogen-bond donors (Lipinski definition) is 1. The van der Waals surface area contributed by atoms with Gasteiger partial charge in [0.1, 0.15) is 0 Å². The molecule has 0 saturated heterocycles. The standard InChI is InChI=1S/C13H14N2O2S/c1-8-4-5-9-11(7-8)18-13(14-9)15-12(16)10-3-2-6-17-10/h2-3,6,8H,4-5,7H2,1H3,(H,14,15,16)/t8-/m1/s1. The molecule has 4 nitrogen and oxygen atoms in total. The SMILES string of the molecule is C[C@@H]1CCc2nc(NC(=O)c3ccco3)sc2C1. The number of rotatable bonds is 2. The maximum Gasteiger partial charge on any atom is 0.293 e. The molecular weight excluding hydrogens is 248 g/mol. The topological polar surface area (TPSA) is 55.1 Å². The van der Waals surface area contributed by atoms with E-state index in [9.17, 15) is 4.79 Å². The highest BCUT2D eigenvalue weighted by molar-refractivity contribution is 7.15. The molecule has 1 amide bonds. The molecule has 0 aliphatic heterocycles. The summed E-state index contributed by atoms with van der Waals surface area (Å²) in [5.41, 5.74) is 1.15. The lowest BCUT2D eigenvalue weighted by Crippen LogP contribution is -2.11. The smallest absolute Gasteiger partial charge is 0.293 e. The molecule has 5 heteroatoms. The third-order valence-electron chi connectivity index (χ3n) is 3.15. The average Bonchev–Trinajstić information content (AvgIpc) is 2.95. The Morgan fingerprint density at radius 2 is 2.50 bits per heavy atom. The van der Waals surface area contributed by atoms with Gasteiger partial charge in [-0.05, 0) is 37.3 Å². The maximum absolute atomic E-state index is 11.8. The second-order valence-electron chi connectivity index (χ2n) is 4.67. The number of hydrogen-bond acceptors (Lipinski definition) is 4. The fourth-order valence-electron chi connectivity index (χ4n) is 2.16. The largest absolute Gasteiger partial charge is 0.459 e. The summed E-state index contributed by atoms with van der Waals surface area (Å²) >= 11 is 1.58. The first-order valence-corrected chi connectivity index (χ1v) is 6.87. The molecule has 0 aromatic carbocycles. The third-order valence-corrected chi connectivity index (χ3v) is 4.19. The molecule has 3 rings (SSSR count). The van der Waals surface area contributed by atoms with E-state index in [1.54, 1.807) is 23.5 Å². The fraction of sp³-hybridized carbons (Fsp3) is 0.385. The second-order valence-corrected chi connectivity index (χ2v) is 5.75. The van der Waals surface area contributed by atoms with Crippen LogP contribution in [0.1, 0.15) is 34.5 Å². The maximum atomic E-state index is 11.8. The van der Waals surface area contributed by atoms with Crippen LogP contribution in [0.3, 0.4) is 0 Å². The molecule has 2 aromatic heterocycles. The minimum atomic E-state index is -0.237. The van der Waals surface area contributed by atoms with E-state index in [4.69, 9.17) is 4.42 Å². The van der Waals surface area contributed by atoms with Crippen molar-refractivity contribution in [2.24, 2.45) is 5.92 Å². The second kappa shape index (κ2) is 4.57. The molecule has 94 valence electrons. The van der Waals surface area contributed by atoms with Crippen LogP contribution in [0.25, 0.3) is 0 Å². The third kappa shape index (κ3) is 2.18. The summed E-state index contributed by atoms with van der Waals surface area (Å²) in [5, 5.41) is 3.47. The minimum Gasteiger partial charge on any atom is -0.459 e. The molecule has 2 heterocycles. The molecular formula is C13H14N2O2S. The van der Waals surface area contributed by atoms with Crippen LogP contribution in [0.4, 0.5) is 5.13 Å². The van der Waals surface area contributed by atoms with E-state index in [1.807, 2.05) is 0 Å². The van der Waals surface area contributed by atoms with Gasteiger partial charge in [-0.3, -0.25) is 10.1 Å². The van der Waals surface area contributed by atoms with Gasteiger partial charge in [0.05, 0.1) is 12.0 Å². The number of amides is 1. The lowest BCUT2D eigenvalue weighted by molar-refractivity contribution is 0.0996. The number of anilines is 1. The van der Waals surface area contributed by atoms with E-state index in [1.165, 1.54) is 17.6 Å². The average molecular weight is 262 g/mol. The highest BCUT2D eigenvalue weighted by Crippen LogP contribution is 2.32. The summed E-state index contributed by atoms with van der Waals surface area (Å²) in [5.74, 6) is 0.794. The van der Waals surface area contributed by atoms with E-state index in [0.29, 0.717) is 16.8 Å². The predicted molar refractivity (Wildman–Crippen MR) is 70.0 cm³/mol. The first-order chi connectivity index (χ1) is 8.72. The van der Waals surface area contributed by atoms with Crippen molar-refractivity contribution >= 4 is 22.4 Å². The lowest BCUT2D eigenvalue weighted by Gasteiger charge is -2.15. The van der Waals surface area contributed by atoms with Gasteiger partial charge < -0.3 is 4.42 Å². The zero-order valence-corrected chi connectivity index (χ0v) is 10.9. The van der Waals surface area contributed by atoms with Crippen molar-refractivity contribution in [2.75, 3.05) is 5.32 Å². The Hall–Kier alpha value is -1.62. The van der Waals surface area contributed by atoms with Gasteiger partial charge in [-0.2, -0.15) is 0 Å². The van der Waals surface area contributed by atoms with Crippen molar-refractivity contribution in [1.29, 1.82) is 0 Å². The number of thiazole rings is 1. The number of fused-ring (bicyclic) bond motifs is 1. The van der Waals surface area contributed by atoms with E-state index in [-0.39, 0.29) is 5.91 Å². The molecule has 1 aliphatic carbocycles. The predicted octanol–water partition coefficient (Wildman–Crippen LogP) is 3.11. The Balaban J connectivity index is 1.76. The normalized spacial score (nSPS) is 18.4. The molecule has 1 aliphatic rings. The van der Waals surface area contributed by atoms with Crippen LogP contribution in [0.15, 0.2) is 22.8 Å². The summed E-state index contributed by atoms with van der Waals surface area (Å²) in [6.45, 7) is 2.25. The van der Waals surface area contributed by atoms with Crippen molar-refractivity contribution < 1.29 is 9.21 Å². The first-order valence-electron chi connectivity index (χ1n) is 6.06. The van der Waals surface area contributed by atoms with Crippen molar-refractivity contribution in [2.45, 2.75) is 26.2 Å². The van der Waals surface area contributed by atoms with Gasteiger partial charge in [0.2, 0.25) is 0 Å². The molecule has 0 radical (unpaired) electrons. The van der Waals surface area contributed by atoms with Crippen LogP contribution in [0, 0.1) is 5.92 Å². The fourth-order valence-corrected chi connectivity index (χ4v) is 3.33. The van der Waals surface area contributed by atoms with Crippen molar-refractivity contribution in [3.05, 3.63) is 34.7 Å². The number of carbonyl (C=O) groups excluding carboxylic acids is 1. The molecule has 0 saturated carbocycles. The zero-order chi connectivity index (χ0) is 12.5. The molecule has 0 fully saturated rings. The highest BCUT2D eigenvalue weighted by Gasteiger charge is 2.21. The van der Waals surface area contributed by atoms with Crippen molar-refractivity contribution in [3.63, 3.8) is 0 Å². The Morgan fingerprint density at radius 3 is 3.28 bits per heavy atom. The van der Waals surface area contributed by atoms with Crippen LogP contribution in [-0.4, -0.2) is 10.9 Å². The van der Waals surface area contributed by atoms with Gasteiger partial charge in [0, 0.05) is 4.88 Å². The van der Waals surface area contributed by atoms with Gasteiger partial charge in [0.25, 0.3) is 5.91 Å². The van der Waals surface area contributed by atoms with Crippen LogP contribution in [-0.2, 0) is 12.8 Å². The molecule has 0 unspecified atom stereocenters. The quantitative estimate of drug-likeness (QED) is 0.904. The lowest BCUT2D eigenvalue weighted by atomic mass is 9.93. The Labute approximate surface area is 109 Å². The number of carbonyl (C=O) groups is 1. The summed E-state index contributed by atoms with van der Waals surface area (Å²) in [4.78, 5) is 17.6. The van der Waals surface area contributed by atoms with E-state index in [2.05, 4.69) is 17.2 Å². The Kier molecular flexibility index (Phi) is 2.91. The Morgan fingerprint density at radius 1 is 1.61 bits per heavy atom. The first kappa shape index (κ1) is 11.5. The number of aromatic nitrogens is 1. The molecule has 0 spiro atoms. The summed E-state index contributed by atoms with van der Waals surface area (Å²) < 4.78 is 5.05. The van der Waals surface area contributed by atoms with Gasteiger partial charge in [-0.25, -0.2) is 4.98 Å². The molecule has 1 N–H and O–H groups in total. The van der Waals surface area contributed by atoms with Gasteiger partial charge in [-0.15, -0.1) is 11.3 Å². The highest BCUT2D eigenvalue weighted by atomic mass is 32.1. The Bertz CT molecular complexity index is 560. The number of furan rings is 1. The number of nitrogens with one attached hydrogen (secondary N) is 1. The van der Waals surface area contributed by atoms with Gasteiger partial charge >= 0.3 is 0 Å². The van der Waals surface area contributed by atoms with Crippen LogP contribution >= 0.6 is 11.3 Å². The van der Waals surface area contributed by atoms with E-state index < -0.39 is 0 Å². The molecule has 1 atom stereocenters. The van der Waals surface area contributed by atoms with Gasteiger partial charge in [0.15, 0.2) is 10.9 Å².